The molecule has 3 aromatic carbocycles. The van der Waals surface area contributed by atoms with E-state index in [0.717, 1.165) is 23.3 Å². The highest BCUT2D eigenvalue weighted by atomic mass is 16.6. The van der Waals surface area contributed by atoms with Crippen LogP contribution in [-0.2, 0) is 16.1 Å². The molecule has 1 N–H and O–H groups in total. The van der Waals surface area contributed by atoms with Crippen molar-refractivity contribution in [1.29, 1.82) is 0 Å². The Morgan fingerprint density at radius 3 is 2.21 bits per heavy atom. The van der Waals surface area contributed by atoms with Gasteiger partial charge in [-0.3, -0.25) is 4.79 Å². The van der Waals surface area contributed by atoms with Gasteiger partial charge in [0.1, 0.15) is 12.4 Å². The first-order valence-corrected chi connectivity index (χ1v) is 11.0. The van der Waals surface area contributed by atoms with E-state index in [2.05, 4.69) is 58.6 Å². The van der Waals surface area contributed by atoms with Crippen molar-refractivity contribution < 1.29 is 19.5 Å². The van der Waals surface area contributed by atoms with Gasteiger partial charge in [-0.05, 0) is 52.9 Å². The summed E-state index contributed by atoms with van der Waals surface area (Å²) in [4.78, 5) is 18.4. The predicted molar refractivity (Wildman–Crippen MR) is 132 cm³/mol. The molecule has 0 aliphatic rings. The molecule has 0 spiro atoms. The second kappa shape index (κ2) is 11.7. The summed E-state index contributed by atoms with van der Waals surface area (Å²) in [6.45, 7) is 2.66. The Morgan fingerprint density at radius 1 is 0.939 bits per heavy atom. The number of carboxylic acid groups (broad SMARTS) is 1. The molecule has 0 aromatic heterocycles. The molecule has 0 heterocycles. The second-order valence-electron chi connectivity index (χ2n) is 7.81. The number of rotatable bonds is 11. The molecule has 0 aliphatic carbocycles. The van der Waals surface area contributed by atoms with E-state index in [1.807, 2.05) is 21.0 Å². The van der Waals surface area contributed by atoms with E-state index in [1.165, 1.54) is 11.3 Å². The maximum atomic E-state index is 10.8. The molecule has 3 rings (SSSR count). The Bertz CT molecular complexity index is 1070. The summed E-state index contributed by atoms with van der Waals surface area (Å²) >= 11 is 0. The van der Waals surface area contributed by atoms with Crippen LogP contribution in [-0.4, -0.2) is 44.1 Å². The molecule has 33 heavy (non-hydrogen) atoms. The number of aliphatic carboxylic acids is 1. The highest BCUT2D eigenvalue weighted by Gasteiger charge is 2.05. The molecule has 6 nitrogen and oxygen atoms in total. The number of hydrogen-bond donors (Lipinski definition) is 1. The maximum absolute atomic E-state index is 10.8. The van der Waals surface area contributed by atoms with E-state index in [4.69, 9.17) is 14.7 Å². The highest BCUT2D eigenvalue weighted by Crippen LogP contribution is 2.23. The van der Waals surface area contributed by atoms with Crippen LogP contribution < -0.4 is 9.64 Å². The van der Waals surface area contributed by atoms with Crippen molar-refractivity contribution in [3.63, 3.8) is 0 Å². The zero-order valence-corrected chi connectivity index (χ0v) is 19.3. The first-order chi connectivity index (χ1) is 16.0. The van der Waals surface area contributed by atoms with Crippen LogP contribution in [0.15, 0.2) is 78.0 Å². The number of ether oxygens (including phenoxy) is 1. The Morgan fingerprint density at radius 2 is 1.61 bits per heavy atom. The first kappa shape index (κ1) is 23.9. The van der Waals surface area contributed by atoms with Gasteiger partial charge in [0, 0.05) is 19.8 Å². The van der Waals surface area contributed by atoms with Crippen molar-refractivity contribution >= 4 is 17.4 Å². The maximum Gasteiger partial charge on any atom is 0.307 e. The summed E-state index contributed by atoms with van der Waals surface area (Å²) in [7, 11) is 4.06. The van der Waals surface area contributed by atoms with E-state index < -0.39 is 5.97 Å². The van der Waals surface area contributed by atoms with Gasteiger partial charge in [0.25, 0.3) is 0 Å². The molecule has 0 atom stereocenters. The Hall–Kier alpha value is -3.80. The molecule has 0 unspecified atom stereocenters. The van der Waals surface area contributed by atoms with Crippen LogP contribution in [0.25, 0.3) is 11.1 Å². The normalized spacial score (nSPS) is 11.2. The van der Waals surface area contributed by atoms with E-state index in [9.17, 15) is 4.79 Å². The highest BCUT2D eigenvalue weighted by molar-refractivity contribution is 6.00. The number of hydrogen-bond acceptors (Lipinski definition) is 5. The quantitative estimate of drug-likeness (QED) is 0.247. The summed E-state index contributed by atoms with van der Waals surface area (Å²) in [5, 5.41) is 13.2. The monoisotopic (exact) mass is 446 g/mol. The lowest BCUT2D eigenvalue weighted by molar-refractivity contribution is -0.136. The zero-order chi connectivity index (χ0) is 23.6. The Kier molecular flexibility index (Phi) is 8.47. The van der Waals surface area contributed by atoms with Crippen LogP contribution >= 0.6 is 0 Å². The van der Waals surface area contributed by atoms with Crippen molar-refractivity contribution in [2.24, 2.45) is 5.16 Å². The van der Waals surface area contributed by atoms with Crippen molar-refractivity contribution in [2.45, 2.75) is 19.8 Å². The van der Waals surface area contributed by atoms with Crippen molar-refractivity contribution in [3.05, 3.63) is 83.9 Å². The summed E-state index contributed by atoms with van der Waals surface area (Å²) in [5.74, 6) is -0.251. The third-order valence-electron chi connectivity index (χ3n) is 5.14. The molecule has 0 amide bonds. The molecular formula is C27H30N2O4. The van der Waals surface area contributed by atoms with Crippen molar-refractivity contribution in [2.75, 3.05) is 32.2 Å². The topological polar surface area (TPSA) is 71.4 Å². The lowest BCUT2D eigenvalue weighted by atomic mass is 10.0. The van der Waals surface area contributed by atoms with Crippen LogP contribution in [0.4, 0.5) is 5.69 Å². The number of anilines is 1. The van der Waals surface area contributed by atoms with Crippen LogP contribution in [0.5, 0.6) is 5.75 Å². The molecule has 0 aliphatic heterocycles. The number of benzene rings is 3. The summed E-state index contributed by atoms with van der Waals surface area (Å²) in [6, 6.07) is 23.8. The Labute approximate surface area is 195 Å². The number of carboxylic acids is 1. The SMILES string of the molecule is CC/C(=N\OCCOc1cccc(CC(=O)O)c1)c1ccc(-c2ccc(N(C)C)cc2)cc1. The molecule has 6 heteroatoms. The third kappa shape index (κ3) is 7.10. The minimum atomic E-state index is -0.868. The standard InChI is InChI=1S/C27H30N2O4/c1-4-26(28-33-17-16-32-25-7-5-6-20(18-25)19-27(30)31)23-10-8-21(9-11-23)22-12-14-24(15-13-22)29(2)3/h5-15,18H,4,16-17,19H2,1-3H3,(H,30,31)/b28-26+. The smallest absolute Gasteiger partial charge is 0.307 e. The van der Waals surface area contributed by atoms with Gasteiger partial charge in [0.15, 0.2) is 6.61 Å². The molecular weight excluding hydrogens is 416 g/mol. The molecule has 0 bridgehead atoms. The van der Waals surface area contributed by atoms with Gasteiger partial charge in [0.2, 0.25) is 0 Å². The molecule has 172 valence electrons. The van der Waals surface area contributed by atoms with Crippen LogP contribution in [0, 0.1) is 0 Å². The van der Waals surface area contributed by atoms with Gasteiger partial charge in [-0.25, -0.2) is 0 Å². The van der Waals surface area contributed by atoms with Gasteiger partial charge in [0.05, 0.1) is 12.1 Å². The van der Waals surface area contributed by atoms with Gasteiger partial charge >= 0.3 is 5.97 Å². The largest absolute Gasteiger partial charge is 0.490 e. The number of nitrogens with zero attached hydrogens (tertiary/aromatic N) is 2. The lowest BCUT2D eigenvalue weighted by Gasteiger charge is -2.13. The first-order valence-electron chi connectivity index (χ1n) is 11.0. The van der Waals surface area contributed by atoms with E-state index >= 15 is 0 Å². The third-order valence-corrected chi connectivity index (χ3v) is 5.14. The van der Waals surface area contributed by atoms with E-state index in [-0.39, 0.29) is 6.42 Å². The molecule has 3 aromatic rings. The zero-order valence-electron chi connectivity index (χ0n) is 19.3. The van der Waals surface area contributed by atoms with Gasteiger partial charge in [-0.1, -0.05) is 60.6 Å². The minimum absolute atomic E-state index is 0.0297. The van der Waals surface area contributed by atoms with E-state index in [1.54, 1.807) is 24.3 Å². The predicted octanol–water partition coefficient (Wildman–Crippen LogP) is 5.26. The van der Waals surface area contributed by atoms with Crippen LogP contribution in [0.3, 0.4) is 0 Å². The minimum Gasteiger partial charge on any atom is -0.490 e. The van der Waals surface area contributed by atoms with Crippen LogP contribution in [0.1, 0.15) is 24.5 Å². The number of carbonyl (C=O) groups is 1. The summed E-state index contributed by atoms with van der Waals surface area (Å²) < 4.78 is 5.65. The second-order valence-corrected chi connectivity index (χ2v) is 7.81. The summed E-state index contributed by atoms with van der Waals surface area (Å²) in [6.07, 6.45) is 0.715. The van der Waals surface area contributed by atoms with Crippen molar-refractivity contribution in [3.8, 4) is 16.9 Å². The van der Waals surface area contributed by atoms with Gasteiger partial charge in [-0.2, -0.15) is 0 Å². The number of oxime groups is 1. The van der Waals surface area contributed by atoms with Gasteiger partial charge in [-0.15, -0.1) is 0 Å². The summed E-state index contributed by atoms with van der Waals surface area (Å²) in [5.41, 5.74) is 6.08. The Balaban J connectivity index is 1.53. The van der Waals surface area contributed by atoms with Crippen molar-refractivity contribution in [1.82, 2.24) is 0 Å². The fraction of sp³-hybridized carbons (Fsp3) is 0.259. The average molecular weight is 447 g/mol. The lowest BCUT2D eigenvalue weighted by Crippen LogP contribution is -2.08. The van der Waals surface area contributed by atoms with Gasteiger partial charge < -0.3 is 19.6 Å². The molecule has 0 saturated heterocycles. The fourth-order valence-electron chi connectivity index (χ4n) is 3.37. The van der Waals surface area contributed by atoms with E-state index in [0.29, 0.717) is 24.5 Å². The fourth-order valence-corrected chi connectivity index (χ4v) is 3.37. The molecule has 0 fully saturated rings. The molecule has 0 radical (unpaired) electrons. The van der Waals surface area contributed by atoms with Crippen LogP contribution in [0.2, 0.25) is 0 Å². The molecule has 0 saturated carbocycles. The average Bonchev–Trinajstić information content (AvgIpc) is 2.81.